The lowest BCUT2D eigenvalue weighted by Gasteiger charge is -2.12. The smallest absolute Gasteiger partial charge is 0.222 e. The van der Waals surface area contributed by atoms with Crippen molar-refractivity contribution in [2.45, 2.75) is 32.4 Å². The Morgan fingerprint density at radius 2 is 1.78 bits per heavy atom. The highest BCUT2D eigenvalue weighted by molar-refractivity contribution is 5.53. The lowest BCUT2D eigenvalue weighted by Crippen LogP contribution is -2.21. The first-order chi connectivity index (χ1) is 11.3. The van der Waals surface area contributed by atoms with E-state index in [1.54, 1.807) is 6.20 Å². The first-order valence-corrected chi connectivity index (χ1v) is 8.00. The highest BCUT2D eigenvalue weighted by Crippen LogP contribution is 2.24. The van der Waals surface area contributed by atoms with Gasteiger partial charge in [-0.3, -0.25) is 0 Å². The number of benzene rings is 1. The molecule has 2 aromatic heterocycles. The molecule has 0 saturated carbocycles. The molecule has 4 rings (SSSR count). The summed E-state index contributed by atoms with van der Waals surface area (Å²) in [4.78, 5) is 13.3. The molecule has 0 amide bonds. The first-order valence-electron chi connectivity index (χ1n) is 8.00. The molecule has 0 radical (unpaired) electrons. The van der Waals surface area contributed by atoms with Gasteiger partial charge in [-0.05, 0) is 30.9 Å². The minimum atomic E-state index is 0.371. The number of hydrogen-bond acceptors (Lipinski definition) is 4. The van der Waals surface area contributed by atoms with Crippen LogP contribution in [-0.2, 0) is 19.4 Å². The van der Waals surface area contributed by atoms with Crippen molar-refractivity contribution in [3.8, 4) is 11.4 Å². The van der Waals surface area contributed by atoms with Gasteiger partial charge in [-0.2, -0.15) is 0 Å². The third-order valence-electron chi connectivity index (χ3n) is 4.35. The van der Waals surface area contributed by atoms with Crippen LogP contribution in [0.15, 0.2) is 49.1 Å². The molecule has 0 bridgehead atoms. The average molecular weight is 305 g/mol. The quantitative estimate of drug-likeness (QED) is 0.805. The normalized spacial score (nSPS) is 14.0. The summed E-state index contributed by atoms with van der Waals surface area (Å²) in [5.41, 5.74) is 3.79. The number of nitrogens with zero attached hydrogens (tertiary/aromatic N) is 4. The molecular weight excluding hydrogens is 286 g/mol. The van der Waals surface area contributed by atoms with Crippen molar-refractivity contribution in [1.29, 1.82) is 0 Å². The molecule has 0 unspecified atom stereocenters. The summed E-state index contributed by atoms with van der Waals surface area (Å²) in [6.07, 6.45) is 9.51. The van der Waals surface area contributed by atoms with Crippen molar-refractivity contribution < 1.29 is 0 Å². The molecule has 1 N–H and O–H groups in total. The molecule has 5 nitrogen and oxygen atoms in total. The SMILES string of the molecule is CCn1ccnc1-c1cnc(NC2Cc3ccccc3C2)nc1. The Balaban J connectivity index is 1.47. The Morgan fingerprint density at radius 1 is 1.09 bits per heavy atom. The number of fused-ring (bicyclic) bond motifs is 1. The van der Waals surface area contributed by atoms with Crippen molar-refractivity contribution in [2.24, 2.45) is 0 Å². The predicted molar refractivity (Wildman–Crippen MR) is 90.2 cm³/mol. The van der Waals surface area contributed by atoms with Gasteiger partial charge in [0.1, 0.15) is 5.82 Å². The zero-order chi connectivity index (χ0) is 15.6. The van der Waals surface area contributed by atoms with Gasteiger partial charge in [0.05, 0.1) is 5.56 Å². The topological polar surface area (TPSA) is 55.6 Å². The fraction of sp³-hybridized carbons (Fsp3) is 0.278. The number of anilines is 1. The van der Waals surface area contributed by atoms with Crippen LogP contribution in [0.1, 0.15) is 18.1 Å². The summed E-state index contributed by atoms with van der Waals surface area (Å²) >= 11 is 0. The molecule has 116 valence electrons. The second-order valence-corrected chi connectivity index (χ2v) is 5.85. The Kier molecular flexibility index (Phi) is 3.54. The van der Waals surface area contributed by atoms with Crippen molar-refractivity contribution >= 4 is 5.95 Å². The van der Waals surface area contributed by atoms with E-state index in [9.17, 15) is 0 Å². The number of aromatic nitrogens is 4. The molecule has 1 aromatic carbocycles. The summed E-state index contributed by atoms with van der Waals surface area (Å²) < 4.78 is 2.08. The van der Waals surface area contributed by atoms with Gasteiger partial charge in [-0.15, -0.1) is 0 Å². The Morgan fingerprint density at radius 3 is 2.43 bits per heavy atom. The van der Waals surface area contributed by atoms with E-state index >= 15 is 0 Å². The molecule has 1 aliphatic carbocycles. The van der Waals surface area contributed by atoms with Crippen molar-refractivity contribution in [3.63, 3.8) is 0 Å². The van der Waals surface area contributed by atoms with Crippen LogP contribution in [0.25, 0.3) is 11.4 Å². The van der Waals surface area contributed by atoms with E-state index in [-0.39, 0.29) is 0 Å². The molecule has 3 aromatic rings. The minimum absolute atomic E-state index is 0.371. The van der Waals surface area contributed by atoms with Crippen LogP contribution in [0.5, 0.6) is 0 Å². The van der Waals surface area contributed by atoms with Crippen LogP contribution < -0.4 is 5.32 Å². The molecule has 0 aliphatic heterocycles. The fourth-order valence-electron chi connectivity index (χ4n) is 3.19. The van der Waals surface area contributed by atoms with Gasteiger partial charge in [-0.25, -0.2) is 15.0 Å². The van der Waals surface area contributed by atoms with Gasteiger partial charge < -0.3 is 9.88 Å². The van der Waals surface area contributed by atoms with Gasteiger partial charge in [0, 0.05) is 37.4 Å². The zero-order valence-electron chi connectivity index (χ0n) is 13.1. The van der Waals surface area contributed by atoms with Gasteiger partial charge in [0.25, 0.3) is 0 Å². The third kappa shape index (κ3) is 2.70. The van der Waals surface area contributed by atoms with E-state index in [0.29, 0.717) is 12.0 Å². The summed E-state index contributed by atoms with van der Waals surface area (Å²) in [5.74, 6) is 1.59. The molecule has 5 heteroatoms. The number of nitrogens with one attached hydrogen (secondary N) is 1. The standard InChI is InChI=1S/C18H19N5/c1-2-23-8-7-19-17(23)15-11-20-18(21-12-15)22-16-9-13-5-3-4-6-14(13)10-16/h3-8,11-12,16H,2,9-10H2,1H3,(H,20,21,22). The van der Waals surface area contributed by atoms with E-state index in [1.165, 1.54) is 11.1 Å². The van der Waals surface area contributed by atoms with Gasteiger partial charge >= 0.3 is 0 Å². The molecule has 0 atom stereocenters. The van der Waals surface area contributed by atoms with Crippen LogP contribution in [0.2, 0.25) is 0 Å². The van der Waals surface area contributed by atoms with E-state index in [1.807, 2.05) is 18.6 Å². The van der Waals surface area contributed by atoms with Crippen molar-refractivity contribution in [3.05, 3.63) is 60.2 Å². The fourth-order valence-corrected chi connectivity index (χ4v) is 3.19. The Hall–Kier alpha value is -2.69. The largest absolute Gasteiger partial charge is 0.351 e. The van der Waals surface area contributed by atoms with Gasteiger partial charge in [0.2, 0.25) is 5.95 Å². The lowest BCUT2D eigenvalue weighted by molar-refractivity contribution is 0.759. The molecule has 2 heterocycles. The molecule has 0 spiro atoms. The Bertz CT molecular complexity index is 781. The minimum Gasteiger partial charge on any atom is -0.351 e. The monoisotopic (exact) mass is 305 g/mol. The summed E-state index contributed by atoms with van der Waals surface area (Å²) in [6.45, 7) is 2.98. The van der Waals surface area contributed by atoms with E-state index in [4.69, 9.17) is 0 Å². The van der Waals surface area contributed by atoms with Crippen LogP contribution in [0.3, 0.4) is 0 Å². The molecule has 0 fully saturated rings. The lowest BCUT2D eigenvalue weighted by atomic mass is 10.1. The molecule has 1 aliphatic rings. The van der Waals surface area contributed by atoms with E-state index in [2.05, 4.69) is 56.0 Å². The second kappa shape index (κ2) is 5.83. The Labute approximate surface area is 135 Å². The van der Waals surface area contributed by atoms with Gasteiger partial charge in [-0.1, -0.05) is 24.3 Å². The summed E-state index contributed by atoms with van der Waals surface area (Å²) in [5, 5.41) is 3.44. The van der Waals surface area contributed by atoms with Crippen LogP contribution in [0.4, 0.5) is 5.95 Å². The number of rotatable bonds is 4. The first kappa shape index (κ1) is 13.9. The highest BCUT2D eigenvalue weighted by Gasteiger charge is 2.21. The van der Waals surface area contributed by atoms with Crippen LogP contribution in [0, 0.1) is 0 Å². The molecular formula is C18H19N5. The maximum Gasteiger partial charge on any atom is 0.222 e. The van der Waals surface area contributed by atoms with Crippen molar-refractivity contribution in [1.82, 2.24) is 19.5 Å². The third-order valence-corrected chi connectivity index (χ3v) is 4.35. The van der Waals surface area contributed by atoms with E-state index in [0.717, 1.165) is 30.8 Å². The second-order valence-electron chi connectivity index (χ2n) is 5.85. The predicted octanol–water partition coefficient (Wildman–Crippen LogP) is 2.94. The summed E-state index contributed by atoms with van der Waals surface area (Å²) in [6, 6.07) is 8.97. The zero-order valence-corrected chi connectivity index (χ0v) is 13.1. The molecule has 0 saturated heterocycles. The van der Waals surface area contributed by atoms with Crippen LogP contribution >= 0.6 is 0 Å². The number of hydrogen-bond donors (Lipinski definition) is 1. The summed E-state index contributed by atoms with van der Waals surface area (Å²) in [7, 11) is 0. The maximum absolute atomic E-state index is 4.46. The van der Waals surface area contributed by atoms with Crippen molar-refractivity contribution in [2.75, 3.05) is 5.32 Å². The molecule has 23 heavy (non-hydrogen) atoms. The van der Waals surface area contributed by atoms with Crippen LogP contribution in [-0.4, -0.2) is 25.6 Å². The highest BCUT2D eigenvalue weighted by atomic mass is 15.1. The van der Waals surface area contributed by atoms with Gasteiger partial charge in [0.15, 0.2) is 0 Å². The van der Waals surface area contributed by atoms with E-state index < -0.39 is 0 Å². The number of imidazole rings is 1. The number of aryl methyl sites for hydroxylation is 1. The maximum atomic E-state index is 4.46. The average Bonchev–Trinajstić information content (AvgIpc) is 3.21.